The highest BCUT2D eigenvalue weighted by atomic mass is 19.1. The third-order valence-electron chi connectivity index (χ3n) is 1.14. The highest BCUT2D eigenvalue weighted by Gasteiger charge is 2.27. The number of rotatable bonds is 5. The Kier molecular flexibility index (Phi) is 17.2. The molecule has 0 saturated heterocycles. The van der Waals surface area contributed by atoms with Crippen molar-refractivity contribution in [3.05, 3.63) is 0 Å². The lowest BCUT2D eigenvalue weighted by Gasteiger charge is -2.18. The van der Waals surface area contributed by atoms with Crippen LogP contribution in [0.25, 0.3) is 0 Å². The number of alkyl halides is 2. The van der Waals surface area contributed by atoms with Gasteiger partial charge in [0.1, 0.15) is 19.1 Å². The van der Waals surface area contributed by atoms with E-state index in [4.69, 9.17) is 10.2 Å². The molecule has 0 spiro atoms. The smallest absolute Gasteiger partial charge is 0.335 e. The molecule has 0 radical (unpaired) electrons. The normalized spacial score (nSPS) is 9.50. The van der Waals surface area contributed by atoms with Gasteiger partial charge in [-0.05, 0) is 27.7 Å². The number of carbonyl (C=O) groups is 2. The van der Waals surface area contributed by atoms with Gasteiger partial charge in [-0.3, -0.25) is 0 Å². The van der Waals surface area contributed by atoms with Gasteiger partial charge in [0.15, 0.2) is 5.60 Å². The van der Waals surface area contributed by atoms with Gasteiger partial charge in [0, 0.05) is 0 Å². The SMILES string of the molecule is CC(C)(OCCF)C(=O)O.CC(C)=O.OCCF. The molecule has 0 aromatic carbocycles. The molecule has 0 saturated carbocycles. The van der Waals surface area contributed by atoms with Crippen molar-refractivity contribution in [1.29, 1.82) is 0 Å². The largest absolute Gasteiger partial charge is 0.479 e. The van der Waals surface area contributed by atoms with E-state index in [2.05, 4.69) is 4.74 Å². The van der Waals surface area contributed by atoms with Crippen LogP contribution in [0.3, 0.4) is 0 Å². The monoisotopic (exact) mass is 272 g/mol. The van der Waals surface area contributed by atoms with Crippen molar-refractivity contribution in [2.24, 2.45) is 0 Å². The van der Waals surface area contributed by atoms with Crippen LogP contribution in [0.4, 0.5) is 8.78 Å². The predicted octanol–water partition coefficient (Wildman–Crippen LogP) is 1.38. The van der Waals surface area contributed by atoms with Crippen LogP contribution in [-0.4, -0.2) is 54.1 Å². The lowest BCUT2D eigenvalue weighted by molar-refractivity contribution is -0.161. The molecular weight excluding hydrogens is 250 g/mol. The van der Waals surface area contributed by atoms with Crippen LogP contribution in [0, 0.1) is 0 Å². The Bertz CT molecular complexity index is 213. The van der Waals surface area contributed by atoms with Gasteiger partial charge in [-0.15, -0.1) is 0 Å². The van der Waals surface area contributed by atoms with Crippen LogP contribution in [0.2, 0.25) is 0 Å². The molecule has 0 aliphatic carbocycles. The number of aliphatic hydroxyl groups excluding tert-OH is 1. The van der Waals surface area contributed by atoms with Gasteiger partial charge in [-0.2, -0.15) is 0 Å². The molecule has 5 nitrogen and oxygen atoms in total. The van der Waals surface area contributed by atoms with Crippen molar-refractivity contribution in [3.63, 3.8) is 0 Å². The van der Waals surface area contributed by atoms with E-state index in [0.29, 0.717) is 0 Å². The fourth-order valence-electron chi connectivity index (χ4n) is 0.355. The van der Waals surface area contributed by atoms with E-state index >= 15 is 0 Å². The Morgan fingerprint density at radius 2 is 1.50 bits per heavy atom. The first-order valence-electron chi connectivity index (χ1n) is 5.23. The maximum atomic E-state index is 11.5. The highest BCUT2D eigenvalue weighted by Crippen LogP contribution is 2.07. The second-order valence-electron chi connectivity index (χ2n) is 3.67. The zero-order valence-corrected chi connectivity index (χ0v) is 11.2. The van der Waals surface area contributed by atoms with E-state index in [1.54, 1.807) is 0 Å². The van der Waals surface area contributed by atoms with Crippen LogP contribution < -0.4 is 0 Å². The van der Waals surface area contributed by atoms with E-state index < -0.39 is 24.9 Å². The number of hydrogen-bond donors (Lipinski definition) is 2. The molecule has 0 bridgehead atoms. The first kappa shape index (κ1) is 22.1. The number of Topliss-reactive ketones (excluding diaryl/α,β-unsaturated/α-hetero) is 1. The van der Waals surface area contributed by atoms with Crippen molar-refractivity contribution >= 4 is 11.8 Å². The second-order valence-corrected chi connectivity index (χ2v) is 3.67. The zero-order chi connectivity index (χ0) is 15.2. The van der Waals surface area contributed by atoms with Crippen molar-refractivity contribution in [1.82, 2.24) is 0 Å². The summed E-state index contributed by atoms with van der Waals surface area (Å²) in [7, 11) is 0. The molecule has 110 valence electrons. The fraction of sp³-hybridized carbons (Fsp3) is 0.818. The number of hydrogen-bond acceptors (Lipinski definition) is 4. The van der Waals surface area contributed by atoms with Crippen LogP contribution in [0.15, 0.2) is 0 Å². The van der Waals surface area contributed by atoms with Crippen molar-refractivity contribution < 1.29 is 33.3 Å². The standard InChI is InChI=1S/C6H11FO3.C3H6O.C2H5FO/c1-6(2,5(8)9)10-4-3-7;1-3(2)4;3-1-2-4/h3-4H2,1-2H3,(H,8,9);1-2H3;4H,1-2H2. The Morgan fingerprint density at radius 3 is 1.67 bits per heavy atom. The van der Waals surface area contributed by atoms with Crippen molar-refractivity contribution in [2.45, 2.75) is 33.3 Å². The molecule has 0 aromatic rings. The summed E-state index contributed by atoms with van der Waals surface area (Å²) < 4.78 is 26.6. The number of carboxylic acid groups (broad SMARTS) is 1. The summed E-state index contributed by atoms with van der Waals surface area (Å²) >= 11 is 0. The Balaban J connectivity index is -0.000000233. The first-order chi connectivity index (χ1) is 8.15. The average Bonchev–Trinajstić information content (AvgIpc) is 2.26. The molecule has 7 heteroatoms. The van der Waals surface area contributed by atoms with Crippen LogP contribution in [0.5, 0.6) is 0 Å². The van der Waals surface area contributed by atoms with Gasteiger partial charge in [-0.25, -0.2) is 13.6 Å². The number of ketones is 1. The van der Waals surface area contributed by atoms with Gasteiger partial charge in [-0.1, -0.05) is 0 Å². The molecule has 18 heavy (non-hydrogen) atoms. The van der Waals surface area contributed by atoms with Gasteiger partial charge in [0.25, 0.3) is 0 Å². The fourth-order valence-corrected chi connectivity index (χ4v) is 0.355. The number of ether oxygens (including phenoxy) is 1. The predicted molar refractivity (Wildman–Crippen MR) is 63.1 cm³/mol. The van der Waals surface area contributed by atoms with E-state index in [1.807, 2.05) is 0 Å². The number of carboxylic acids is 1. The molecule has 0 aliphatic rings. The minimum Gasteiger partial charge on any atom is -0.479 e. The first-order valence-corrected chi connectivity index (χ1v) is 5.23. The summed E-state index contributed by atoms with van der Waals surface area (Å²) in [5.74, 6) is -0.916. The summed E-state index contributed by atoms with van der Waals surface area (Å²) in [5, 5.41) is 15.9. The number of aliphatic hydroxyl groups is 1. The molecule has 0 unspecified atom stereocenters. The van der Waals surface area contributed by atoms with E-state index in [1.165, 1.54) is 27.7 Å². The quantitative estimate of drug-likeness (QED) is 0.790. The summed E-state index contributed by atoms with van der Waals surface area (Å²) in [6.07, 6.45) is 0. The minimum absolute atomic E-state index is 0.167. The third kappa shape index (κ3) is 24.2. The topological polar surface area (TPSA) is 83.8 Å². The number of halogens is 2. The highest BCUT2D eigenvalue weighted by molar-refractivity contribution is 5.76. The van der Waals surface area contributed by atoms with E-state index in [-0.39, 0.29) is 19.0 Å². The van der Waals surface area contributed by atoms with Crippen LogP contribution >= 0.6 is 0 Å². The molecule has 0 aliphatic heterocycles. The lowest BCUT2D eigenvalue weighted by Crippen LogP contribution is -2.35. The molecule has 0 fully saturated rings. The summed E-state index contributed by atoms with van der Waals surface area (Å²) in [6.45, 7) is 4.02. The Labute approximate surface area is 106 Å². The third-order valence-corrected chi connectivity index (χ3v) is 1.14. The maximum absolute atomic E-state index is 11.5. The molecule has 0 atom stereocenters. The number of carbonyl (C=O) groups excluding carboxylic acids is 1. The van der Waals surface area contributed by atoms with Gasteiger partial charge < -0.3 is 19.7 Å². The lowest BCUT2D eigenvalue weighted by atomic mass is 10.1. The van der Waals surface area contributed by atoms with Gasteiger partial charge in [0.05, 0.1) is 13.2 Å². The molecule has 0 amide bonds. The van der Waals surface area contributed by atoms with Gasteiger partial charge in [0.2, 0.25) is 0 Å². The average molecular weight is 272 g/mol. The molecule has 0 heterocycles. The Hall–Kier alpha value is -1.08. The van der Waals surface area contributed by atoms with Crippen molar-refractivity contribution in [2.75, 3.05) is 26.6 Å². The van der Waals surface area contributed by atoms with Crippen LogP contribution in [0.1, 0.15) is 27.7 Å². The molecule has 0 rings (SSSR count). The van der Waals surface area contributed by atoms with Gasteiger partial charge >= 0.3 is 5.97 Å². The minimum atomic E-state index is -1.27. The molecule has 0 aromatic heterocycles. The van der Waals surface area contributed by atoms with E-state index in [0.717, 1.165) is 0 Å². The van der Waals surface area contributed by atoms with Crippen molar-refractivity contribution in [3.8, 4) is 0 Å². The summed E-state index contributed by atoms with van der Waals surface area (Å²) in [4.78, 5) is 19.7. The number of aliphatic carboxylic acids is 1. The van der Waals surface area contributed by atoms with Crippen LogP contribution in [-0.2, 0) is 14.3 Å². The zero-order valence-electron chi connectivity index (χ0n) is 11.2. The molecule has 2 N–H and O–H groups in total. The second kappa shape index (κ2) is 14.0. The Morgan fingerprint density at radius 1 is 1.17 bits per heavy atom. The maximum Gasteiger partial charge on any atom is 0.335 e. The summed E-state index contributed by atoms with van der Waals surface area (Å²) in [6, 6.07) is 0. The molecular formula is C11H22F2O5. The van der Waals surface area contributed by atoms with E-state index in [9.17, 15) is 18.4 Å². The summed E-state index contributed by atoms with van der Waals surface area (Å²) in [5.41, 5.74) is -1.27.